The van der Waals surface area contributed by atoms with Gasteiger partial charge in [-0.05, 0) is 24.0 Å². The van der Waals surface area contributed by atoms with Gasteiger partial charge in [0.05, 0.1) is 5.41 Å². The Bertz CT molecular complexity index is 439. The lowest BCUT2D eigenvalue weighted by Crippen LogP contribution is -2.46. The molecule has 0 fully saturated rings. The maximum Gasteiger partial charge on any atom is 0.230 e. The summed E-state index contributed by atoms with van der Waals surface area (Å²) in [5, 5.41) is 0. The molecule has 0 spiro atoms. The molecule has 0 saturated heterocycles. The molecule has 3 nitrogen and oxygen atoms in total. The van der Waals surface area contributed by atoms with Crippen LogP contribution in [0.2, 0.25) is 0 Å². The minimum absolute atomic E-state index is 0.250. The van der Waals surface area contributed by atoms with Crippen LogP contribution in [0.25, 0.3) is 0 Å². The van der Waals surface area contributed by atoms with Crippen molar-refractivity contribution in [1.29, 1.82) is 0 Å². The molecule has 1 aromatic rings. The van der Waals surface area contributed by atoms with Gasteiger partial charge in [0.15, 0.2) is 0 Å². The normalized spacial score (nSPS) is 14.4. The molecule has 1 heterocycles. The highest BCUT2D eigenvalue weighted by atomic mass is 16.2. The van der Waals surface area contributed by atoms with Crippen molar-refractivity contribution in [3.63, 3.8) is 0 Å². The summed E-state index contributed by atoms with van der Waals surface area (Å²) in [6.45, 7) is 6.20. The average molecular weight is 274 g/mol. The molecule has 0 radical (unpaired) electrons. The molecule has 0 aromatic heterocycles. The highest BCUT2D eigenvalue weighted by molar-refractivity contribution is 5.83. The Morgan fingerprint density at radius 2 is 1.65 bits per heavy atom. The molecule has 1 amide bonds. The number of carbonyl (C=O) groups is 1. The highest BCUT2D eigenvalue weighted by Gasteiger charge is 2.39. The Morgan fingerprint density at radius 1 is 1.15 bits per heavy atom. The Balaban J connectivity index is 2.18. The lowest BCUT2D eigenvalue weighted by atomic mass is 9.78. The second-order valence-corrected chi connectivity index (χ2v) is 5.91. The van der Waals surface area contributed by atoms with Crippen molar-refractivity contribution in [2.24, 2.45) is 11.1 Å². The zero-order valence-electron chi connectivity index (χ0n) is 12.7. The number of benzene rings is 1. The number of amides is 1. The zero-order valence-corrected chi connectivity index (χ0v) is 12.7. The van der Waals surface area contributed by atoms with Crippen LogP contribution in [0, 0.1) is 5.41 Å². The van der Waals surface area contributed by atoms with Gasteiger partial charge < -0.3 is 10.6 Å². The highest BCUT2D eigenvalue weighted by Crippen LogP contribution is 2.34. The van der Waals surface area contributed by atoms with E-state index in [4.69, 9.17) is 5.73 Å². The fourth-order valence-corrected chi connectivity index (χ4v) is 3.40. The van der Waals surface area contributed by atoms with Crippen molar-refractivity contribution in [3.8, 4) is 0 Å². The van der Waals surface area contributed by atoms with E-state index in [9.17, 15) is 4.79 Å². The number of carbonyl (C=O) groups excluding carboxylic acids is 1. The van der Waals surface area contributed by atoms with Gasteiger partial charge in [-0.25, -0.2) is 0 Å². The average Bonchev–Trinajstić information content (AvgIpc) is 2.90. The van der Waals surface area contributed by atoms with Gasteiger partial charge >= 0.3 is 0 Å². The maximum absolute atomic E-state index is 13.0. The van der Waals surface area contributed by atoms with E-state index in [-0.39, 0.29) is 11.3 Å². The fourth-order valence-electron chi connectivity index (χ4n) is 3.40. The molecule has 1 aliphatic rings. The first-order valence-electron chi connectivity index (χ1n) is 7.73. The molecular formula is C17H26N2O. The van der Waals surface area contributed by atoms with Gasteiger partial charge in [0.2, 0.25) is 5.91 Å². The topological polar surface area (TPSA) is 46.3 Å². The largest absolute Gasteiger partial charge is 0.333 e. The minimum atomic E-state index is -0.356. The standard InChI is InChI=1S/C17H26N2O/c1-3-9-17(13-18,10-4-2)16(20)19-11-14-7-5-6-8-15(14)12-19/h5-8H,3-4,9-13,18H2,1-2H3. The van der Waals surface area contributed by atoms with Crippen molar-refractivity contribution >= 4 is 5.91 Å². The molecule has 1 aliphatic heterocycles. The molecule has 3 heteroatoms. The summed E-state index contributed by atoms with van der Waals surface area (Å²) in [6.07, 6.45) is 3.79. The third kappa shape index (κ3) is 2.73. The Labute approximate surface area is 122 Å². The van der Waals surface area contributed by atoms with Crippen molar-refractivity contribution < 1.29 is 4.79 Å². The van der Waals surface area contributed by atoms with Crippen LogP contribution in [0.3, 0.4) is 0 Å². The summed E-state index contributed by atoms with van der Waals surface area (Å²) in [5.41, 5.74) is 8.21. The van der Waals surface area contributed by atoms with Crippen LogP contribution in [-0.4, -0.2) is 17.4 Å². The SMILES string of the molecule is CCCC(CN)(CCC)C(=O)N1Cc2ccccc2C1. The molecule has 0 bridgehead atoms. The molecule has 1 aromatic carbocycles. The first kappa shape index (κ1) is 15.0. The number of hydrogen-bond acceptors (Lipinski definition) is 2. The van der Waals surface area contributed by atoms with E-state index >= 15 is 0 Å². The van der Waals surface area contributed by atoms with Crippen molar-refractivity contribution in [2.75, 3.05) is 6.54 Å². The minimum Gasteiger partial charge on any atom is -0.333 e. The molecule has 20 heavy (non-hydrogen) atoms. The van der Waals surface area contributed by atoms with Crippen LogP contribution in [0.15, 0.2) is 24.3 Å². The molecule has 0 aliphatic carbocycles. The summed E-state index contributed by atoms with van der Waals surface area (Å²) in [6, 6.07) is 8.32. The van der Waals surface area contributed by atoms with Crippen LogP contribution in [0.4, 0.5) is 0 Å². The molecule has 0 saturated carbocycles. The van der Waals surface area contributed by atoms with E-state index in [0.717, 1.165) is 38.8 Å². The maximum atomic E-state index is 13.0. The van der Waals surface area contributed by atoms with Crippen LogP contribution < -0.4 is 5.73 Å². The van der Waals surface area contributed by atoms with Crippen LogP contribution in [0.1, 0.15) is 50.7 Å². The Morgan fingerprint density at radius 3 is 2.05 bits per heavy atom. The van der Waals surface area contributed by atoms with Gasteiger partial charge in [-0.3, -0.25) is 4.79 Å². The smallest absolute Gasteiger partial charge is 0.230 e. The number of hydrogen-bond donors (Lipinski definition) is 1. The predicted molar refractivity (Wildman–Crippen MR) is 82.0 cm³/mol. The monoisotopic (exact) mass is 274 g/mol. The first-order chi connectivity index (χ1) is 9.66. The Hall–Kier alpha value is -1.35. The van der Waals surface area contributed by atoms with Gasteiger partial charge in [0.25, 0.3) is 0 Å². The van der Waals surface area contributed by atoms with Gasteiger partial charge in [0, 0.05) is 19.6 Å². The number of fused-ring (bicyclic) bond motifs is 1. The second-order valence-electron chi connectivity index (χ2n) is 5.91. The molecule has 2 N–H and O–H groups in total. The predicted octanol–water partition coefficient (Wildman–Crippen LogP) is 3.07. The second kappa shape index (κ2) is 6.40. The molecule has 0 atom stereocenters. The van der Waals surface area contributed by atoms with Gasteiger partial charge in [-0.2, -0.15) is 0 Å². The fraction of sp³-hybridized carbons (Fsp3) is 0.588. The third-order valence-corrected chi connectivity index (χ3v) is 4.43. The van der Waals surface area contributed by atoms with E-state index in [1.165, 1.54) is 11.1 Å². The lowest BCUT2D eigenvalue weighted by Gasteiger charge is -2.34. The van der Waals surface area contributed by atoms with Crippen LogP contribution in [-0.2, 0) is 17.9 Å². The van der Waals surface area contributed by atoms with Gasteiger partial charge in [-0.15, -0.1) is 0 Å². The summed E-state index contributed by atoms with van der Waals surface area (Å²) < 4.78 is 0. The van der Waals surface area contributed by atoms with E-state index < -0.39 is 0 Å². The van der Waals surface area contributed by atoms with Gasteiger partial charge in [-0.1, -0.05) is 51.0 Å². The summed E-state index contributed by atoms with van der Waals surface area (Å²) >= 11 is 0. The summed E-state index contributed by atoms with van der Waals surface area (Å²) in [7, 11) is 0. The third-order valence-electron chi connectivity index (χ3n) is 4.43. The molecular weight excluding hydrogens is 248 g/mol. The van der Waals surface area contributed by atoms with E-state index in [0.29, 0.717) is 6.54 Å². The lowest BCUT2D eigenvalue weighted by molar-refractivity contribution is -0.143. The van der Waals surface area contributed by atoms with E-state index in [1.54, 1.807) is 0 Å². The van der Waals surface area contributed by atoms with E-state index in [1.807, 2.05) is 17.0 Å². The van der Waals surface area contributed by atoms with Crippen LogP contribution in [0.5, 0.6) is 0 Å². The number of nitrogens with zero attached hydrogens (tertiary/aromatic N) is 1. The zero-order chi connectivity index (χ0) is 14.6. The molecule has 0 unspecified atom stereocenters. The molecule has 2 rings (SSSR count). The quantitative estimate of drug-likeness (QED) is 0.866. The first-order valence-corrected chi connectivity index (χ1v) is 7.73. The van der Waals surface area contributed by atoms with Crippen LogP contribution >= 0.6 is 0 Å². The molecule has 110 valence electrons. The van der Waals surface area contributed by atoms with Crippen molar-refractivity contribution in [1.82, 2.24) is 4.90 Å². The number of rotatable bonds is 6. The van der Waals surface area contributed by atoms with E-state index in [2.05, 4.69) is 26.0 Å². The number of nitrogens with two attached hydrogens (primary N) is 1. The summed E-state index contributed by atoms with van der Waals surface area (Å²) in [4.78, 5) is 15.0. The van der Waals surface area contributed by atoms with Crippen molar-refractivity contribution in [2.45, 2.75) is 52.6 Å². The summed E-state index contributed by atoms with van der Waals surface area (Å²) in [5.74, 6) is 0.250. The van der Waals surface area contributed by atoms with Gasteiger partial charge in [0.1, 0.15) is 0 Å². The van der Waals surface area contributed by atoms with Crippen molar-refractivity contribution in [3.05, 3.63) is 35.4 Å². The Kier molecular flexibility index (Phi) is 4.81.